The lowest BCUT2D eigenvalue weighted by Crippen LogP contribution is -2.23. The number of amides is 1. The van der Waals surface area contributed by atoms with Crippen LogP contribution in [-0.2, 0) is 12.3 Å². The number of hydrogen-bond donors (Lipinski definition) is 1. The van der Waals surface area contributed by atoms with E-state index >= 15 is 0 Å². The Balaban J connectivity index is 1.60. The van der Waals surface area contributed by atoms with Crippen molar-refractivity contribution in [2.75, 3.05) is 13.7 Å². The van der Waals surface area contributed by atoms with Gasteiger partial charge in [-0.25, -0.2) is 4.98 Å². The molecule has 0 unspecified atom stereocenters. The van der Waals surface area contributed by atoms with Gasteiger partial charge in [0.1, 0.15) is 10.8 Å². The first-order valence-electron chi connectivity index (χ1n) is 10.5. The monoisotopic (exact) mass is 455 g/mol. The minimum absolute atomic E-state index is 0.187. The largest absolute Gasteiger partial charge is 0.493 e. The predicted molar refractivity (Wildman–Crippen MR) is 124 cm³/mol. The first kappa shape index (κ1) is 23.7. The van der Waals surface area contributed by atoms with Gasteiger partial charge in [-0.2, -0.15) is 0 Å². The molecule has 32 heavy (non-hydrogen) atoms. The summed E-state index contributed by atoms with van der Waals surface area (Å²) in [6, 6.07) is 11.1. The van der Waals surface area contributed by atoms with E-state index in [0.29, 0.717) is 46.9 Å². The van der Waals surface area contributed by atoms with E-state index in [0.717, 1.165) is 23.4 Å². The number of methoxy groups -OCH3 is 1. The van der Waals surface area contributed by atoms with Gasteiger partial charge >= 0.3 is 0 Å². The number of hydrogen-bond acceptors (Lipinski definition) is 7. The van der Waals surface area contributed by atoms with Crippen LogP contribution in [0.15, 0.2) is 52.1 Å². The van der Waals surface area contributed by atoms with Crippen LogP contribution in [0.3, 0.4) is 0 Å². The minimum atomic E-state index is -0.187. The second-order valence-electron chi connectivity index (χ2n) is 7.77. The van der Waals surface area contributed by atoms with E-state index in [2.05, 4.69) is 29.3 Å². The third kappa shape index (κ3) is 6.75. The Morgan fingerprint density at radius 3 is 2.78 bits per heavy atom. The molecule has 0 spiro atoms. The highest BCUT2D eigenvalue weighted by Gasteiger charge is 2.14. The Labute approximate surface area is 192 Å². The first-order valence-corrected chi connectivity index (χ1v) is 11.5. The van der Waals surface area contributed by atoms with Crippen LogP contribution in [0.2, 0.25) is 0 Å². The Hall–Kier alpha value is -3.00. The van der Waals surface area contributed by atoms with Gasteiger partial charge < -0.3 is 19.3 Å². The van der Waals surface area contributed by atoms with E-state index in [4.69, 9.17) is 14.0 Å². The van der Waals surface area contributed by atoms with Crippen molar-refractivity contribution in [3.8, 4) is 11.5 Å². The Bertz CT molecular complexity index is 1040. The zero-order valence-corrected chi connectivity index (χ0v) is 19.7. The van der Waals surface area contributed by atoms with Crippen LogP contribution in [0.5, 0.6) is 11.5 Å². The molecule has 2 aromatic heterocycles. The number of benzene rings is 1. The second-order valence-corrected chi connectivity index (χ2v) is 8.74. The molecule has 0 saturated carbocycles. The fraction of sp³-hybridized carbons (Fsp3) is 0.375. The molecule has 3 rings (SSSR count). The standard InChI is InChI=1S/C24H29N3O4S/c1-16(2)9-11-30-21-8-7-18(13-22(21)29-4)14-26-23(28)20-6-5-10-25-24(20)32-15-19-12-17(3)31-27-19/h5-8,10,12-13,16H,9,11,14-15H2,1-4H3,(H,26,28). The summed E-state index contributed by atoms with van der Waals surface area (Å²) < 4.78 is 16.4. The maximum Gasteiger partial charge on any atom is 0.254 e. The third-order valence-electron chi connectivity index (χ3n) is 4.68. The summed E-state index contributed by atoms with van der Waals surface area (Å²) in [5.74, 6) is 3.08. The van der Waals surface area contributed by atoms with Crippen LogP contribution in [0.1, 0.15) is 47.6 Å². The SMILES string of the molecule is COc1cc(CNC(=O)c2cccnc2SCc2cc(C)on2)ccc1OCCC(C)C. The summed E-state index contributed by atoms with van der Waals surface area (Å²) in [4.78, 5) is 17.2. The van der Waals surface area contributed by atoms with Gasteiger partial charge in [0.05, 0.1) is 25.0 Å². The molecule has 0 saturated heterocycles. The zero-order valence-electron chi connectivity index (χ0n) is 18.9. The van der Waals surface area contributed by atoms with Crippen molar-refractivity contribution in [3.05, 3.63) is 65.2 Å². The zero-order chi connectivity index (χ0) is 22.9. The molecule has 2 heterocycles. The molecule has 0 atom stereocenters. The van der Waals surface area contributed by atoms with Crippen molar-refractivity contribution in [3.63, 3.8) is 0 Å². The number of aryl methyl sites for hydroxylation is 1. The lowest BCUT2D eigenvalue weighted by Gasteiger charge is -2.14. The Kier molecular flexibility index (Phi) is 8.56. The van der Waals surface area contributed by atoms with Crippen molar-refractivity contribution < 1.29 is 18.8 Å². The van der Waals surface area contributed by atoms with Crippen molar-refractivity contribution in [1.82, 2.24) is 15.5 Å². The lowest BCUT2D eigenvalue weighted by molar-refractivity contribution is 0.0947. The maximum absolute atomic E-state index is 12.8. The number of carbonyl (C=O) groups excluding carboxylic acids is 1. The van der Waals surface area contributed by atoms with E-state index in [1.54, 1.807) is 25.4 Å². The number of rotatable bonds is 11. The van der Waals surface area contributed by atoms with Gasteiger partial charge in [0, 0.05) is 24.6 Å². The smallest absolute Gasteiger partial charge is 0.254 e. The van der Waals surface area contributed by atoms with Gasteiger partial charge in [-0.1, -0.05) is 36.8 Å². The third-order valence-corrected chi connectivity index (χ3v) is 5.72. The fourth-order valence-corrected chi connectivity index (χ4v) is 3.80. The Morgan fingerprint density at radius 1 is 1.22 bits per heavy atom. The highest BCUT2D eigenvalue weighted by molar-refractivity contribution is 7.98. The highest BCUT2D eigenvalue weighted by Crippen LogP contribution is 2.29. The predicted octanol–water partition coefficient (Wildman–Crippen LogP) is 5.03. The molecule has 3 aromatic rings. The van der Waals surface area contributed by atoms with Crippen molar-refractivity contribution in [2.24, 2.45) is 5.92 Å². The van der Waals surface area contributed by atoms with Gasteiger partial charge in [-0.3, -0.25) is 4.79 Å². The number of carbonyl (C=O) groups is 1. The summed E-state index contributed by atoms with van der Waals surface area (Å²) in [6.07, 6.45) is 2.65. The summed E-state index contributed by atoms with van der Waals surface area (Å²) in [6.45, 7) is 7.17. The molecular formula is C24H29N3O4S. The summed E-state index contributed by atoms with van der Waals surface area (Å²) in [7, 11) is 1.61. The van der Waals surface area contributed by atoms with E-state index < -0.39 is 0 Å². The summed E-state index contributed by atoms with van der Waals surface area (Å²) >= 11 is 1.45. The molecule has 0 fully saturated rings. The topological polar surface area (TPSA) is 86.5 Å². The number of nitrogens with one attached hydrogen (secondary N) is 1. The highest BCUT2D eigenvalue weighted by atomic mass is 32.2. The van der Waals surface area contributed by atoms with Crippen LogP contribution < -0.4 is 14.8 Å². The van der Waals surface area contributed by atoms with E-state index in [1.807, 2.05) is 31.2 Å². The van der Waals surface area contributed by atoms with Crippen LogP contribution in [0.25, 0.3) is 0 Å². The normalized spacial score (nSPS) is 10.9. The molecule has 0 aliphatic heterocycles. The molecule has 0 bridgehead atoms. The number of nitrogens with zero attached hydrogens (tertiary/aromatic N) is 2. The quantitative estimate of drug-likeness (QED) is 0.406. The van der Waals surface area contributed by atoms with Gasteiger partial charge in [0.25, 0.3) is 5.91 Å². The van der Waals surface area contributed by atoms with Crippen LogP contribution in [0.4, 0.5) is 0 Å². The second kappa shape index (κ2) is 11.6. The van der Waals surface area contributed by atoms with E-state index in [-0.39, 0.29) is 5.91 Å². The molecular weight excluding hydrogens is 426 g/mol. The fourth-order valence-electron chi connectivity index (χ4n) is 2.93. The van der Waals surface area contributed by atoms with Gasteiger partial charge in [-0.05, 0) is 49.1 Å². The summed E-state index contributed by atoms with van der Waals surface area (Å²) in [5.41, 5.74) is 2.26. The molecule has 0 aliphatic rings. The molecule has 0 radical (unpaired) electrons. The number of pyridine rings is 1. The van der Waals surface area contributed by atoms with Gasteiger partial charge in [0.2, 0.25) is 0 Å². The summed E-state index contributed by atoms with van der Waals surface area (Å²) in [5, 5.41) is 7.60. The molecule has 1 N–H and O–H groups in total. The molecule has 170 valence electrons. The van der Waals surface area contributed by atoms with Gasteiger partial charge in [0.15, 0.2) is 11.5 Å². The average molecular weight is 456 g/mol. The van der Waals surface area contributed by atoms with Gasteiger partial charge in [-0.15, -0.1) is 0 Å². The van der Waals surface area contributed by atoms with Crippen molar-refractivity contribution in [2.45, 2.75) is 44.5 Å². The van der Waals surface area contributed by atoms with Crippen LogP contribution in [-0.4, -0.2) is 29.8 Å². The molecule has 0 aliphatic carbocycles. The maximum atomic E-state index is 12.8. The van der Waals surface area contributed by atoms with Crippen molar-refractivity contribution in [1.29, 1.82) is 0 Å². The van der Waals surface area contributed by atoms with Crippen LogP contribution >= 0.6 is 11.8 Å². The number of ether oxygens (including phenoxy) is 2. The molecule has 7 nitrogen and oxygen atoms in total. The average Bonchev–Trinajstić information content (AvgIpc) is 3.21. The lowest BCUT2D eigenvalue weighted by atomic mass is 10.1. The molecule has 1 aromatic carbocycles. The number of aromatic nitrogens is 2. The van der Waals surface area contributed by atoms with Crippen molar-refractivity contribution >= 4 is 17.7 Å². The Morgan fingerprint density at radius 2 is 2.06 bits per heavy atom. The van der Waals surface area contributed by atoms with E-state index in [1.165, 1.54) is 11.8 Å². The molecule has 8 heteroatoms. The van der Waals surface area contributed by atoms with Crippen LogP contribution in [0, 0.1) is 12.8 Å². The van der Waals surface area contributed by atoms with E-state index in [9.17, 15) is 4.79 Å². The number of thioether (sulfide) groups is 1. The first-order chi connectivity index (χ1) is 15.5. The minimum Gasteiger partial charge on any atom is -0.493 e. The molecule has 1 amide bonds.